The van der Waals surface area contributed by atoms with Crippen LogP contribution in [0.15, 0.2) is 23.1 Å². The molecule has 0 atom stereocenters. The summed E-state index contributed by atoms with van der Waals surface area (Å²) in [7, 11) is -6.96. The first-order valence-electron chi connectivity index (χ1n) is 4.25. The second-order valence-corrected chi connectivity index (χ2v) is 6.32. The normalized spacial score (nSPS) is 11.5. The summed E-state index contributed by atoms with van der Waals surface area (Å²) in [5.74, 6) is 0.114. The van der Waals surface area contributed by atoms with E-state index in [-0.39, 0.29) is 30.3 Å². The average molecular weight is 287 g/mol. The molecule has 10 heteroatoms. The molecule has 0 saturated heterocycles. The standard InChI is InChI=1S/C8H11NO6S2.Li/c1-15-8-4-3-6(17(12,13)14)5-7(8)9-16(2,10)11;/h3-5,9H,1-2H3,(H,12,13,14);/q;+1/p-1. The van der Waals surface area contributed by atoms with E-state index in [0.29, 0.717) is 0 Å². The van der Waals surface area contributed by atoms with Gasteiger partial charge in [0.2, 0.25) is 10.0 Å². The Bertz CT molecular complexity index is 625. The summed E-state index contributed by atoms with van der Waals surface area (Å²) < 4.78 is 61.3. The molecule has 1 rings (SSSR count). The maximum atomic E-state index is 11.0. The molecule has 0 amide bonds. The third kappa shape index (κ3) is 4.87. The first kappa shape index (κ1) is 17.3. The van der Waals surface area contributed by atoms with Crippen molar-refractivity contribution in [1.82, 2.24) is 0 Å². The van der Waals surface area contributed by atoms with Gasteiger partial charge in [-0.3, -0.25) is 4.72 Å². The van der Waals surface area contributed by atoms with Crippen molar-refractivity contribution in [3.8, 4) is 5.75 Å². The molecule has 0 spiro atoms. The summed E-state index contributed by atoms with van der Waals surface area (Å²) in [6, 6.07) is 3.13. The Labute approximate surface area is 118 Å². The summed E-state index contributed by atoms with van der Waals surface area (Å²) >= 11 is 0. The quantitative estimate of drug-likeness (QED) is 0.466. The Hall–Kier alpha value is -0.723. The number of rotatable bonds is 4. The van der Waals surface area contributed by atoms with Crippen LogP contribution in [-0.4, -0.2) is 34.8 Å². The van der Waals surface area contributed by atoms with Crippen molar-refractivity contribution in [2.45, 2.75) is 4.90 Å². The number of nitrogens with one attached hydrogen (secondary N) is 1. The first-order chi connectivity index (χ1) is 7.63. The van der Waals surface area contributed by atoms with Gasteiger partial charge in [0.15, 0.2) is 0 Å². The molecule has 0 aliphatic carbocycles. The van der Waals surface area contributed by atoms with E-state index in [1.54, 1.807) is 0 Å². The fourth-order valence-electron chi connectivity index (χ4n) is 1.12. The van der Waals surface area contributed by atoms with Crippen LogP contribution >= 0.6 is 0 Å². The van der Waals surface area contributed by atoms with Crippen molar-refractivity contribution < 1.29 is 45.0 Å². The van der Waals surface area contributed by atoms with Gasteiger partial charge in [-0.1, -0.05) is 0 Å². The van der Waals surface area contributed by atoms with Gasteiger partial charge in [-0.25, -0.2) is 16.8 Å². The first-order valence-corrected chi connectivity index (χ1v) is 7.55. The second kappa shape index (κ2) is 5.95. The van der Waals surface area contributed by atoms with E-state index in [2.05, 4.69) is 4.72 Å². The minimum absolute atomic E-state index is 0. The maximum Gasteiger partial charge on any atom is 1.00 e. The molecule has 0 bridgehead atoms. The zero-order valence-corrected chi connectivity index (χ0v) is 11.6. The average Bonchev–Trinajstić information content (AvgIpc) is 2.13. The fraction of sp³-hybridized carbons (Fsp3) is 0.250. The molecule has 18 heavy (non-hydrogen) atoms. The molecular weight excluding hydrogens is 277 g/mol. The van der Waals surface area contributed by atoms with E-state index in [1.165, 1.54) is 13.2 Å². The SMILES string of the molecule is COc1ccc(S(=O)(=O)[O-])cc1NS(C)(=O)=O.[Li+]. The van der Waals surface area contributed by atoms with E-state index >= 15 is 0 Å². The Morgan fingerprint density at radius 1 is 1.22 bits per heavy atom. The molecule has 1 N–H and O–H groups in total. The van der Waals surface area contributed by atoms with Gasteiger partial charge in [0.25, 0.3) is 0 Å². The molecule has 1 aromatic rings. The zero-order chi connectivity index (χ0) is 13.3. The van der Waals surface area contributed by atoms with Crippen LogP contribution in [0.1, 0.15) is 0 Å². The molecule has 0 unspecified atom stereocenters. The van der Waals surface area contributed by atoms with Crippen LogP contribution < -0.4 is 28.3 Å². The van der Waals surface area contributed by atoms with E-state index < -0.39 is 25.0 Å². The Morgan fingerprint density at radius 2 is 1.78 bits per heavy atom. The van der Waals surface area contributed by atoms with E-state index in [1.807, 2.05) is 0 Å². The van der Waals surface area contributed by atoms with Crippen LogP contribution in [-0.2, 0) is 20.1 Å². The van der Waals surface area contributed by atoms with Gasteiger partial charge in [0.1, 0.15) is 15.9 Å². The number of sulfonamides is 1. The van der Waals surface area contributed by atoms with Crippen LogP contribution in [0.3, 0.4) is 0 Å². The summed E-state index contributed by atoms with van der Waals surface area (Å²) in [4.78, 5) is -0.538. The van der Waals surface area contributed by atoms with Gasteiger partial charge in [-0.15, -0.1) is 0 Å². The Kier molecular flexibility index (Phi) is 5.71. The number of anilines is 1. The molecule has 1 aromatic carbocycles. The van der Waals surface area contributed by atoms with Crippen LogP contribution in [0, 0.1) is 0 Å². The number of hydrogen-bond donors (Lipinski definition) is 1. The van der Waals surface area contributed by atoms with Crippen molar-refractivity contribution in [2.75, 3.05) is 18.1 Å². The van der Waals surface area contributed by atoms with Crippen molar-refractivity contribution >= 4 is 25.8 Å². The number of ether oxygens (including phenoxy) is 1. The van der Waals surface area contributed by atoms with E-state index in [4.69, 9.17) is 4.74 Å². The van der Waals surface area contributed by atoms with E-state index in [0.717, 1.165) is 18.4 Å². The summed E-state index contributed by atoms with van der Waals surface area (Å²) in [5, 5.41) is 0. The number of benzene rings is 1. The van der Waals surface area contributed by atoms with Crippen molar-refractivity contribution in [3.63, 3.8) is 0 Å². The van der Waals surface area contributed by atoms with Crippen LogP contribution in [0.2, 0.25) is 0 Å². The molecule has 0 radical (unpaired) electrons. The van der Waals surface area contributed by atoms with Crippen molar-refractivity contribution in [3.05, 3.63) is 18.2 Å². The molecule has 0 aliphatic rings. The van der Waals surface area contributed by atoms with Gasteiger partial charge < -0.3 is 9.29 Å². The molecule has 0 fully saturated rings. The summed E-state index contributed by atoms with van der Waals surface area (Å²) in [5.41, 5.74) is -0.105. The molecule has 7 nitrogen and oxygen atoms in total. The summed E-state index contributed by atoms with van der Waals surface area (Å²) in [6.07, 6.45) is 0.894. The monoisotopic (exact) mass is 287 g/mol. The predicted octanol–water partition coefficient (Wildman–Crippen LogP) is -3.03. The number of hydrogen-bond acceptors (Lipinski definition) is 6. The molecule has 96 valence electrons. The Balaban J connectivity index is 0.00000289. The molecule has 0 saturated carbocycles. The second-order valence-electron chi connectivity index (χ2n) is 3.19. The van der Waals surface area contributed by atoms with Crippen molar-refractivity contribution in [1.29, 1.82) is 0 Å². The number of methoxy groups -OCH3 is 1. The summed E-state index contributed by atoms with van der Waals surface area (Å²) in [6.45, 7) is 0. The minimum Gasteiger partial charge on any atom is -0.744 e. The molecule has 0 aliphatic heterocycles. The topological polar surface area (TPSA) is 113 Å². The van der Waals surface area contributed by atoms with Crippen LogP contribution in [0.25, 0.3) is 0 Å². The maximum absolute atomic E-state index is 11.0. The van der Waals surface area contributed by atoms with Crippen LogP contribution in [0.5, 0.6) is 5.75 Å². The predicted molar refractivity (Wildman–Crippen MR) is 59.4 cm³/mol. The largest absolute Gasteiger partial charge is 1.00 e. The van der Waals surface area contributed by atoms with Gasteiger partial charge in [0, 0.05) is 0 Å². The molecule has 0 aromatic heterocycles. The molecular formula is C8H10LiNO6S2. The fourth-order valence-corrected chi connectivity index (χ4v) is 2.18. The van der Waals surface area contributed by atoms with Crippen molar-refractivity contribution in [2.24, 2.45) is 0 Å². The molecule has 0 heterocycles. The van der Waals surface area contributed by atoms with Gasteiger partial charge in [-0.05, 0) is 18.2 Å². The third-order valence-corrected chi connectivity index (χ3v) is 3.18. The Morgan fingerprint density at radius 3 is 2.17 bits per heavy atom. The smallest absolute Gasteiger partial charge is 0.744 e. The van der Waals surface area contributed by atoms with E-state index in [9.17, 15) is 21.4 Å². The minimum atomic E-state index is -4.65. The van der Waals surface area contributed by atoms with Gasteiger partial charge >= 0.3 is 18.9 Å². The van der Waals surface area contributed by atoms with Crippen LogP contribution in [0.4, 0.5) is 5.69 Å². The van der Waals surface area contributed by atoms with Gasteiger partial charge in [0.05, 0.1) is 23.9 Å². The zero-order valence-electron chi connectivity index (χ0n) is 10.00. The van der Waals surface area contributed by atoms with Gasteiger partial charge in [-0.2, -0.15) is 0 Å². The third-order valence-electron chi connectivity index (χ3n) is 1.75.